The second-order valence-electron chi connectivity index (χ2n) is 5.69. The van der Waals surface area contributed by atoms with E-state index in [2.05, 4.69) is 22.0 Å². The Balaban J connectivity index is 1.71. The summed E-state index contributed by atoms with van der Waals surface area (Å²) >= 11 is 0. The van der Waals surface area contributed by atoms with Crippen LogP contribution in [-0.4, -0.2) is 20.1 Å². The number of anilines is 1. The third kappa shape index (κ3) is 2.35. The number of nitrogens with one attached hydrogen (secondary N) is 1. The Hall–Kier alpha value is -1.34. The Morgan fingerprint density at radius 2 is 2.25 bits per heavy atom. The zero-order chi connectivity index (χ0) is 14.3. The van der Waals surface area contributed by atoms with E-state index in [0.29, 0.717) is 24.3 Å². The number of hydrogen-bond acceptors (Lipinski definition) is 5. The van der Waals surface area contributed by atoms with Gasteiger partial charge in [0, 0.05) is 6.54 Å². The quantitative estimate of drug-likeness (QED) is 0.820. The number of hydrogen-bond donors (Lipinski definition) is 2. The maximum atomic E-state index is 12.3. The van der Waals surface area contributed by atoms with Gasteiger partial charge in [0.05, 0.1) is 0 Å². The Morgan fingerprint density at radius 1 is 1.45 bits per heavy atom. The highest BCUT2D eigenvalue weighted by Gasteiger charge is 2.33. The molecule has 0 saturated heterocycles. The molecule has 1 aromatic rings. The molecule has 1 saturated carbocycles. The predicted molar refractivity (Wildman–Crippen MR) is 74.3 cm³/mol. The van der Waals surface area contributed by atoms with E-state index in [4.69, 9.17) is 10.3 Å². The standard InChI is InChI=1S/C13H19N3O3S/c1-8-12(13(14)16-19-8)20(17,18)15-7-11-6-9-2-4-10(11)5-3-9/h2,4,9-11,15H,3,5-7H2,1H3,(H2,14,16)/t9-,10-,11+/m0/s1. The SMILES string of the molecule is Cc1onc(N)c1S(=O)(=O)NC[C@H]1C[C@H]2C=C[C@H]1CC2. The molecule has 0 amide bonds. The van der Waals surface area contributed by atoms with Crippen molar-refractivity contribution in [2.24, 2.45) is 17.8 Å². The molecular weight excluding hydrogens is 278 g/mol. The van der Waals surface area contributed by atoms with Crippen LogP contribution in [0.25, 0.3) is 0 Å². The maximum absolute atomic E-state index is 12.3. The van der Waals surface area contributed by atoms with E-state index < -0.39 is 10.0 Å². The van der Waals surface area contributed by atoms with Gasteiger partial charge in [-0.05, 0) is 43.9 Å². The van der Waals surface area contributed by atoms with Gasteiger partial charge in [0.1, 0.15) is 0 Å². The summed E-state index contributed by atoms with van der Waals surface area (Å²) in [5.41, 5.74) is 5.56. The number of nitrogens with two attached hydrogens (primary N) is 1. The van der Waals surface area contributed by atoms with E-state index in [1.807, 2.05) is 0 Å². The van der Waals surface area contributed by atoms with Crippen molar-refractivity contribution in [2.75, 3.05) is 12.3 Å². The van der Waals surface area contributed by atoms with E-state index in [-0.39, 0.29) is 16.5 Å². The van der Waals surface area contributed by atoms with Crippen LogP contribution in [-0.2, 0) is 10.0 Å². The van der Waals surface area contributed by atoms with E-state index in [1.54, 1.807) is 6.92 Å². The molecule has 3 N–H and O–H groups in total. The van der Waals surface area contributed by atoms with Crippen LogP contribution in [0.15, 0.2) is 21.6 Å². The second kappa shape index (κ2) is 4.89. The van der Waals surface area contributed by atoms with Gasteiger partial charge in [0.2, 0.25) is 10.0 Å². The normalized spacial score (nSPS) is 28.9. The van der Waals surface area contributed by atoms with Gasteiger partial charge >= 0.3 is 0 Å². The highest BCUT2D eigenvalue weighted by Crippen LogP contribution is 2.40. The third-order valence-corrected chi connectivity index (χ3v) is 5.93. The topological polar surface area (TPSA) is 98.2 Å². The number of aryl methyl sites for hydroxylation is 1. The molecule has 7 heteroatoms. The highest BCUT2D eigenvalue weighted by molar-refractivity contribution is 7.89. The van der Waals surface area contributed by atoms with Crippen molar-refractivity contribution in [1.29, 1.82) is 0 Å². The lowest BCUT2D eigenvalue weighted by Gasteiger charge is -2.38. The van der Waals surface area contributed by atoms with Gasteiger partial charge < -0.3 is 10.3 Å². The van der Waals surface area contributed by atoms with E-state index in [9.17, 15) is 8.42 Å². The minimum atomic E-state index is -3.65. The molecular formula is C13H19N3O3S. The van der Waals surface area contributed by atoms with Crippen LogP contribution in [0.2, 0.25) is 0 Å². The van der Waals surface area contributed by atoms with Crippen molar-refractivity contribution in [2.45, 2.75) is 31.1 Å². The lowest BCUT2D eigenvalue weighted by Crippen LogP contribution is -2.37. The number of aromatic nitrogens is 1. The second-order valence-corrected chi connectivity index (χ2v) is 7.39. The summed E-state index contributed by atoms with van der Waals surface area (Å²) in [6.45, 7) is 1.99. The molecule has 110 valence electrons. The van der Waals surface area contributed by atoms with Gasteiger partial charge in [-0.1, -0.05) is 17.3 Å². The van der Waals surface area contributed by atoms with Crippen LogP contribution in [0.5, 0.6) is 0 Å². The smallest absolute Gasteiger partial charge is 0.247 e. The average Bonchev–Trinajstić information content (AvgIpc) is 2.78. The molecule has 20 heavy (non-hydrogen) atoms. The Morgan fingerprint density at radius 3 is 2.75 bits per heavy atom. The van der Waals surface area contributed by atoms with Crippen LogP contribution in [0.3, 0.4) is 0 Å². The molecule has 0 radical (unpaired) electrons. The Labute approximate surface area is 118 Å². The molecule has 4 rings (SSSR count). The van der Waals surface area contributed by atoms with Gasteiger partial charge in [-0.15, -0.1) is 0 Å². The van der Waals surface area contributed by atoms with Crippen molar-refractivity contribution in [3.05, 3.63) is 17.9 Å². The highest BCUT2D eigenvalue weighted by atomic mass is 32.2. The first-order valence-electron chi connectivity index (χ1n) is 6.87. The van der Waals surface area contributed by atoms with Gasteiger partial charge in [0.25, 0.3) is 0 Å². The summed E-state index contributed by atoms with van der Waals surface area (Å²) < 4.78 is 32.0. The van der Waals surface area contributed by atoms with Gasteiger partial charge in [-0.3, -0.25) is 0 Å². The fourth-order valence-corrected chi connectivity index (χ4v) is 4.59. The van der Waals surface area contributed by atoms with Crippen molar-refractivity contribution >= 4 is 15.8 Å². The fourth-order valence-electron chi connectivity index (χ4n) is 3.28. The first-order valence-corrected chi connectivity index (χ1v) is 8.35. The van der Waals surface area contributed by atoms with E-state index in [0.717, 1.165) is 12.8 Å². The summed E-state index contributed by atoms with van der Waals surface area (Å²) in [6.07, 6.45) is 7.93. The van der Waals surface area contributed by atoms with Crippen molar-refractivity contribution in [3.63, 3.8) is 0 Å². The minimum Gasteiger partial charge on any atom is -0.380 e. The molecule has 1 heterocycles. The third-order valence-electron chi connectivity index (χ3n) is 4.35. The zero-order valence-corrected chi connectivity index (χ0v) is 12.2. The van der Waals surface area contributed by atoms with E-state index >= 15 is 0 Å². The van der Waals surface area contributed by atoms with Gasteiger partial charge in [0.15, 0.2) is 16.5 Å². The lowest BCUT2D eigenvalue weighted by atomic mass is 9.69. The summed E-state index contributed by atoms with van der Waals surface area (Å²) in [6, 6.07) is 0. The predicted octanol–water partition coefficient (Wildman–Crippen LogP) is 1.45. The molecule has 0 spiro atoms. The molecule has 3 atom stereocenters. The number of fused-ring (bicyclic) bond motifs is 2. The number of nitrogen functional groups attached to an aromatic ring is 1. The van der Waals surface area contributed by atoms with Crippen LogP contribution in [0, 0.1) is 24.7 Å². The molecule has 2 bridgehead atoms. The molecule has 1 fully saturated rings. The monoisotopic (exact) mass is 297 g/mol. The van der Waals surface area contributed by atoms with Crippen molar-refractivity contribution in [1.82, 2.24) is 9.88 Å². The van der Waals surface area contributed by atoms with Crippen molar-refractivity contribution < 1.29 is 12.9 Å². The fraction of sp³-hybridized carbons (Fsp3) is 0.615. The molecule has 6 nitrogen and oxygen atoms in total. The summed E-state index contributed by atoms with van der Waals surface area (Å²) in [5, 5.41) is 3.49. The van der Waals surface area contributed by atoms with E-state index in [1.165, 1.54) is 6.42 Å². The van der Waals surface area contributed by atoms with Crippen LogP contribution in [0.4, 0.5) is 5.82 Å². The number of sulfonamides is 1. The van der Waals surface area contributed by atoms with Crippen LogP contribution < -0.4 is 10.5 Å². The first-order chi connectivity index (χ1) is 9.47. The largest absolute Gasteiger partial charge is 0.380 e. The zero-order valence-electron chi connectivity index (χ0n) is 11.4. The average molecular weight is 297 g/mol. The lowest BCUT2D eigenvalue weighted by molar-refractivity contribution is 0.222. The summed E-state index contributed by atoms with van der Waals surface area (Å²) in [5.74, 6) is 1.61. The minimum absolute atomic E-state index is 0.0333. The molecule has 3 aliphatic rings. The number of rotatable bonds is 4. The van der Waals surface area contributed by atoms with Crippen molar-refractivity contribution in [3.8, 4) is 0 Å². The van der Waals surface area contributed by atoms with Gasteiger partial charge in [-0.25, -0.2) is 13.1 Å². The molecule has 0 aromatic carbocycles. The summed E-state index contributed by atoms with van der Waals surface area (Å²) in [4.78, 5) is -0.0333. The summed E-state index contributed by atoms with van der Waals surface area (Å²) in [7, 11) is -3.65. The first kappa shape index (κ1) is 13.6. The molecule has 1 aromatic heterocycles. The Kier molecular flexibility index (Phi) is 3.33. The maximum Gasteiger partial charge on any atom is 0.247 e. The number of allylic oxidation sites excluding steroid dienone is 2. The number of nitrogens with zero attached hydrogens (tertiary/aromatic N) is 1. The Bertz CT molecular complexity index is 616. The molecule has 3 aliphatic carbocycles. The van der Waals surface area contributed by atoms with Crippen LogP contribution >= 0.6 is 0 Å². The molecule has 0 unspecified atom stereocenters. The molecule has 0 aliphatic heterocycles. The van der Waals surface area contributed by atoms with Crippen LogP contribution in [0.1, 0.15) is 25.0 Å². The van der Waals surface area contributed by atoms with Gasteiger partial charge in [-0.2, -0.15) is 0 Å².